The first kappa shape index (κ1) is 8.23. The highest BCUT2D eigenvalue weighted by Gasteiger charge is 2.22. The summed E-state index contributed by atoms with van der Waals surface area (Å²) in [5.74, 6) is -0.182. The Kier molecular flexibility index (Phi) is 2.00. The first-order chi connectivity index (χ1) is 6.31. The molecule has 1 aromatic carbocycles. The lowest BCUT2D eigenvalue weighted by Gasteiger charge is -2.04. The molecule has 2 rings (SSSR count). The summed E-state index contributed by atoms with van der Waals surface area (Å²) in [4.78, 5) is 10.3. The molecule has 1 aliphatic heterocycles. The molecule has 3 heteroatoms. The van der Waals surface area contributed by atoms with Crippen LogP contribution < -0.4 is 5.32 Å². The van der Waals surface area contributed by atoms with Gasteiger partial charge in [0.25, 0.3) is 0 Å². The number of rotatable bonds is 2. The topological polar surface area (TPSA) is 29.1 Å². The third-order valence-electron chi connectivity index (χ3n) is 2.31. The maximum absolute atomic E-state index is 13.2. The van der Waals surface area contributed by atoms with Crippen LogP contribution in [0, 0.1) is 5.82 Å². The maximum atomic E-state index is 13.2. The number of hydrogen-bond donors (Lipinski definition) is 1. The van der Waals surface area contributed by atoms with Crippen molar-refractivity contribution in [2.24, 2.45) is 0 Å². The predicted molar refractivity (Wildman–Crippen MR) is 48.2 cm³/mol. The number of anilines is 1. The van der Waals surface area contributed by atoms with E-state index in [9.17, 15) is 9.18 Å². The zero-order valence-electron chi connectivity index (χ0n) is 7.09. The van der Waals surface area contributed by atoms with Gasteiger partial charge in [-0.05, 0) is 18.6 Å². The Morgan fingerprint density at radius 3 is 3.15 bits per heavy atom. The molecule has 13 heavy (non-hydrogen) atoms. The lowest BCUT2D eigenvalue weighted by molar-refractivity contribution is -0.108. The molecule has 0 aliphatic carbocycles. The molecular weight excluding hydrogens is 169 g/mol. The van der Waals surface area contributed by atoms with Gasteiger partial charge in [0.2, 0.25) is 0 Å². The van der Waals surface area contributed by atoms with Crippen molar-refractivity contribution in [2.75, 3.05) is 5.32 Å². The second-order valence-electron chi connectivity index (χ2n) is 3.21. The van der Waals surface area contributed by atoms with Crippen LogP contribution in [0.4, 0.5) is 10.1 Å². The van der Waals surface area contributed by atoms with E-state index < -0.39 is 0 Å². The molecule has 0 bridgehead atoms. The monoisotopic (exact) mass is 179 g/mol. The zero-order chi connectivity index (χ0) is 9.26. The van der Waals surface area contributed by atoms with Crippen molar-refractivity contribution in [3.8, 4) is 0 Å². The van der Waals surface area contributed by atoms with Gasteiger partial charge in [-0.1, -0.05) is 6.07 Å². The van der Waals surface area contributed by atoms with Crippen LogP contribution in [0.15, 0.2) is 18.2 Å². The number of carbonyl (C=O) groups excluding carboxylic acids is 1. The highest BCUT2D eigenvalue weighted by atomic mass is 19.1. The van der Waals surface area contributed by atoms with Crippen LogP contribution in [-0.4, -0.2) is 12.3 Å². The Labute approximate surface area is 75.8 Å². The average molecular weight is 179 g/mol. The van der Waals surface area contributed by atoms with E-state index in [1.54, 1.807) is 6.07 Å². The van der Waals surface area contributed by atoms with Crippen molar-refractivity contribution in [1.82, 2.24) is 0 Å². The lowest BCUT2D eigenvalue weighted by Crippen LogP contribution is -2.15. The van der Waals surface area contributed by atoms with Crippen LogP contribution >= 0.6 is 0 Å². The first-order valence-corrected chi connectivity index (χ1v) is 4.29. The summed E-state index contributed by atoms with van der Waals surface area (Å²) >= 11 is 0. The Morgan fingerprint density at radius 1 is 1.62 bits per heavy atom. The smallest absolute Gasteiger partial charge is 0.128 e. The second kappa shape index (κ2) is 3.17. The number of halogens is 1. The van der Waals surface area contributed by atoms with E-state index in [4.69, 9.17) is 0 Å². The minimum atomic E-state index is -0.182. The first-order valence-electron chi connectivity index (χ1n) is 4.29. The van der Waals surface area contributed by atoms with Gasteiger partial charge >= 0.3 is 0 Å². The second-order valence-corrected chi connectivity index (χ2v) is 3.21. The number of fused-ring (bicyclic) bond motifs is 1. The summed E-state index contributed by atoms with van der Waals surface area (Å²) in [6.07, 6.45) is 1.91. The predicted octanol–water partition coefficient (Wildman–Crippen LogP) is 1.75. The minimum absolute atomic E-state index is 0.0735. The zero-order valence-corrected chi connectivity index (χ0v) is 7.09. The van der Waals surface area contributed by atoms with E-state index in [2.05, 4.69) is 5.32 Å². The number of hydrogen-bond acceptors (Lipinski definition) is 2. The van der Waals surface area contributed by atoms with Gasteiger partial charge in [0.1, 0.15) is 12.1 Å². The summed E-state index contributed by atoms with van der Waals surface area (Å²) in [6.45, 7) is 0. The summed E-state index contributed by atoms with van der Waals surface area (Å²) in [7, 11) is 0. The van der Waals surface area contributed by atoms with Crippen LogP contribution in [0.5, 0.6) is 0 Å². The number of benzene rings is 1. The van der Waals surface area contributed by atoms with Crippen molar-refractivity contribution in [3.05, 3.63) is 29.6 Å². The van der Waals surface area contributed by atoms with Gasteiger partial charge in [-0.25, -0.2) is 4.39 Å². The van der Waals surface area contributed by atoms with Crippen molar-refractivity contribution >= 4 is 12.0 Å². The van der Waals surface area contributed by atoms with Gasteiger partial charge in [-0.3, -0.25) is 0 Å². The van der Waals surface area contributed by atoms with Crippen LogP contribution in [0.2, 0.25) is 0 Å². The van der Waals surface area contributed by atoms with Gasteiger partial charge in [0, 0.05) is 23.7 Å². The Hall–Kier alpha value is -1.38. The molecule has 0 fully saturated rings. The van der Waals surface area contributed by atoms with E-state index in [1.165, 1.54) is 6.07 Å². The molecular formula is C10H10FNO. The molecule has 0 aromatic heterocycles. The molecule has 68 valence electrons. The van der Waals surface area contributed by atoms with Gasteiger partial charge in [-0.2, -0.15) is 0 Å². The van der Waals surface area contributed by atoms with E-state index in [1.807, 2.05) is 6.07 Å². The van der Waals surface area contributed by atoms with Gasteiger partial charge in [0.15, 0.2) is 0 Å². The van der Waals surface area contributed by atoms with Crippen molar-refractivity contribution in [1.29, 1.82) is 0 Å². The van der Waals surface area contributed by atoms with Crippen LogP contribution in [0.1, 0.15) is 12.0 Å². The molecule has 1 heterocycles. The number of aldehydes is 1. The molecule has 1 N–H and O–H groups in total. The van der Waals surface area contributed by atoms with Crippen molar-refractivity contribution < 1.29 is 9.18 Å². The van der Waals surface area contributed by atoms with Crippen LogP contribution in [-0.2, 0) is 11.2 Å². The molecule has 0 spiro atoms. The fourth-order valence-corrected chi connectivity index (χ4v) is 1.68. The van der Waals surface area contributed by atoms with Crippen molar-refractivity contribution in [2.45, 2.75) is 18.9 Å². The van der Waals surface area contributed by atoms with E-state index in [0.717, 1.165) is 12.0 Å². The van der Waals surface area contributed by atoms with Crippen molar-refractivity contribution in [3.63, 3.8) is 0 Å². The Balaban J connectivity index is 2.24. The quantitative estimate of drug-likeness (QED) is 0.701. The maximum Gasteiger partial charge on any atom is 0.128 e. The fraction of sp³-hybridized carbons (Fsp3) is 0.300. The molecule has 1 aliphatic rings. The molecule has 0 saturated carbocycles. The summed E-state index contributed by atoms with van der Waals surface area (Å²) in [5, 5.41) is 3.10. The Bertz CT molecular complexity index is 338. The summed E-state index contributed by atoms with van der Waals surface area (Å²) in [6, 6.07) is 5.03. The summed E-state index contributed by atoms with van der Waals surface area (Å²) < 4.78 is 13.2. The minimum Gasteiger partial charge on any atom is -0.381 e. The normalized spacial score (nSPS) is 19.3. The van der Waals surface area contributed by atoms with Crippen LogP contribution in [0.25, 0.3) is 0 Å². The standard InChI is InChI=1S/C10H10FNO/c11-9-2-1-3-10-8(9)6-7(12-10)4-5-13/h1-3,5,7,12H,4,6H2. The SMILES string of the molecule is O=CCC1Cc2c(F)cccc2N1. The van der Waals surface area contributed by atoms with Gasteiger partial charge < -0.3 is 10.1 Å². The third-order valence-corrected chi connectivity index (χ3v) is 2.31. The third kappa shape index (κ3) is 1.41. The van der Waals surface area contributed by atoms with Crippen LogP contribution in [0.3, 0.4) is 0 Å². The van der Waals surface area contributed by atoms with Gasteiger partial charge in [0.05, 0.1) is 0 Å². The molecule has 1 unspecified atom stereocenters. The molecule has 1 aromatic rings. The highest BCUT2D eigenvalue weighted by Crippen LogP contribution is 2.28. The molecule has 1 atom stereocenters. The van der Waals surface area contributed by atoms with Gasteiger partial charge in [-0.15, -0.1) is 0 Å². The molecule has 0 radical (unpaired) electrons. The van der Waals surface area contributed by atoms with E-state index >= 15 is 0 Å². The summed E-state index contributed by atoms with van der Waals surface area (Å²) in [5.41, 5.74) is 1.53. The van der Waals surface area contributed by atoms with E-state index in [0.29, 0.717) is 18.4 Å². The Morgan fingerprint density at radius 2 is 2.46 bits per heavy atom. The average Bonchev–Trinajstić information content (AvgIpc) is 2.49. The lowest BCUT2D eigenvalue weighted by atomic mass is 10.1. The van der Waals surface area contributed by atoms with E-state index in [-0.39, 0.29) is 11.9 Å². The largest absolute Gasteiger partial charge is 0.381 e. The molecule has 0 amide bonds. The molecule has 2 nitrogen and oxygen atoms in total. The highest BCUT2D eigenvalue weighted by molar-refractivity contribution is 5.60. The molecule has 0 saturated heterocycles. The number of nitrogens with one attached hydrogen (secondary N) is 1. The fourth-order valence-electron chi connectivity index (χ4n) is 1.68. The number of carbonyl (C=O) groups is 1.